The van der Waals surface area contributed by atoms with Gasteiger partial charge >= 0.3 is 0 Å². The molecule has 0 amide bonds. The molecule has 0 bridgehead atoms. The van der Waals surface area contributed by atoms with Gasteiger partial charge in [0.1, 0.15) is 5.75 Å². The Morgan fingerprint density at radius 3 is 1.64 bits per heavy atom. The third kappa shape index (κ3) is 5.36. The molecular weight excluding hydrogens is 518 g/mol. The lowest BCUT2D eigenvalue weighted by Gasteiger charge is -2.30. The molecule has 0 atom stereocenters. The molecule has 6 rings (SSSR count). The van der Waals surface area contributed by atoms with Gasteiger partial charge in [-0.2, -0.15) is 0 Å². The highest BCUT2D eigenvalue weighted by Crippen LogP contribution is 2.43. The van der Waals surface area contributed by atoms with Crippen molar-refractivity contribution in [3.8, 4) is 11.5 Å². The minimum Gasteiger partial charge on any atom is -0.454 e. The van der Waals surface area contributed by atoms with E-state index in [9.17, 15) is 9.59 Å². The molecule has 0 saturated heterocycles. The van der Waals surface area contributed by atoms with Crippen molar-refractivity contribution in [2.75, 3.05) is 4.90 Å². The largest absolute Gasteiger partial charge is 0.454 e. The van der Waals surface area contributed by atoms with E-state index in [2.05, 4.69) is 62.1 Å². The minimum absolute atomic E-state index is 0.0101. The number of nitrogens with zero attached hydrogens (tertiary/aromatic N) is 1. The second kappa shape index (κ2) is 11.1. The monoisotopic (exact) mass is 551 g/mol. The van der Waals surface area contributed by atoms with Crippen LogP contribution in [0.2, 0.25) is 0 Å². The van der Waals surface area contributed by atoms with Crippen molar-refractivity contribution in [2.24, 2.45) is 0 Å². The molecule has 208 valence electrons. The van der Waals surface area contributed by atoms with E-state index in [0.29, 0.717) is 46.8 Å². The van der Waals surface area contributed by atoms with Crippen LogP contribution >= 0.6 is 0 Å². The number of hydrogen-bond acceptors (Lipinski definition) is 4. The SMILES string of the molecule is CC(C)(C)c1ccc(Oc2c(N(Cc3ccccc3)Cc3ccccc3)ccc3c2C(=O)c2ccccc2C3=O)cc1. The highest BCUT2D eigenvalue weighted by molar-refractivity contribution is 6.29. The van der Waals surface area contributed by atoms with Gasteiger partial charge in [-0.25, -0.2) is 0 Å². The molecule has 0 fully saturated rings. The fraction of sp³-hybridized carbons (Fsp3) is 0.158. The maximum Gasteiger partial charge on any atom is 0.198 e. The van der Waals surface area contributed by atoms with Gasteiger partial charge in [0.25, 0.3) is 0 Å². The predicted molar refractivity (Wildman–Crippen MR) is 168 cm³/mol. The lowest BCUT2D eigenvalue weighted by molar-refractivity contribution is 0.0977. The average Bonchev–Trinajstić information content (AvgIpc) is 3.00. The summed E-state index contributed by atoms with van der Waals surface area (Å²) in [5.41, 5.74) is 5.67. The second-order valence-electron chi connectivity index (χ2n) is 11.7. The van der Waals surface area contributed by atoms with Gasteiger partial charge in [-0.05, 0) is 46.4 Å². The molecule has 0 saturated carbocycles. The number of anilines is 1. The van der Waals surface area contributed by atoms with E-state index in [1.165, 1.54) is 5.56 Å². The minimum atomic E-state index is -0.206. The smallest absolute Gasteiger partial charge is 0.198 e. The van der Waals surface area contributed by atoms with E-state index >= 15 is 0 Å². The molecule has 4 heteroatoms. The fourth-order valence-electron chi connectivity index (χ4n) is 5.47. The Morgan fingerprint density at radius 2 is 1.10 bits per heavy atom. The number of hydrogen-bond donors (Lipinski definition) is 0. The van der Waals surface area contributed by atoms with Crippen LogP contribution in [0.15, 0.2) is 121 Å². The van der Waals surface area contributed by atoms with E-state index in [1.807, 2.05) is 54.6 Å². The fourth-order valence-corrected chi connectivity index (χ4v) is 5.47. The van der Waals surface area contributed by atoms with Crippen LogP contribution in [0.25, 0.3) is 0 Å². The predicted octanol–water partition coefficient (Wildman–Crippen LogP) is 8.76. The molecular formula is C38H33NO3. The molecule has 42 heavy (non-hydrogen) atoms. The number of benzene rings is 5. The summed E-state index contributed by atoms with van der Waals surface area (Å²) in [6.07, 6.45) is 0. The van der Waals surface area contributed by atoms with Crippen LogP contribution in [0.5, 0.6) is 11.5 Å². The number of carbonyl (C=O) groups excluding carboxylic acids is 2. The van der Waals surface area contributed by atoms with Crippen LogP contribution in [-0.2, 0) is 18.5 Å². The summed E-state index contributed by atoms with van der Waals surface area (Å²) in [5.74, 6) is 0.631. The van der Waals surface area contributed by atoms with Gasteiger partial charge in [-0.3, -0.25) is 9.59 Å². The normalized spacial score (nSPS) is 12.5. The molecule has 0 aromatic heterocycles. The first-order valence-electron chi connectivity index (χ1n) is 14.3. The first-order chi connectivity index (χ1) is 20.3. The number of fused-ring (bicyclic) bond motifs is 2. The summed E-state index contributed by atoms with van der Waals surface area (Å²) in [6.45, 7) is 7.68. The van der Waals surface area contributed by atoms with E-state index in [0.717, 1.165) is 16.8 Å². The van der Waals surface area contributed by atoms with Gasteiger partial charge in [-0.15, -0.1) is 0 Å². The summed E-state index contributed by atoms with van der Waals surface area (Å²) in [7, 11) is 0. The zero-order valence-corrected chi connectivity index (χ0v) is 24.1. The average molecular weight is 552 g/mol. The molecule has 5 aromatic rings. The maximum absolute atomic E-state index is 14.1. The molecule has 1 aliphatic carbocycles. The Hall–Kier alpha value is -4.96. The maximum atomic E-state index is 14.1. The Bertz CT molecular complexity index is 1710. The highest BCUT2D eigenvalue weighted by atomic mass is 16.5. The lowest BCUT2D eigenvalue weighted by Crippen LogP contribution is -2.26. The van der Waals surface area contributed by atoms with E-state index < -0.39 is 0 Å². The van der Waals surface area contributed by atoms with Crippen LogP contribution in [0.3, 0.4) is 0 Å². The molecule has 4 nitrogen and oxygen atoms in total. The summed E-state index contributed by atoms with van der Waals surface area (Å²) in [6, 6.07) is 39.2. The van der Waals surface area contributed by atoms with Gasteiger partial charge in [0.15, 0.2) is 17.3 Å². The van der Waals surface area contributed by atoms with Gasteiger partial charge in [0.05, 0.1) is 11.3 Å². The van der Waals surface area contributed by atoms with Crippen LogP contribution in [0.1, 0.15) is 69.3 Å². The number of rotatable bonds is 7. The van der Waals surface area contributed by atoms with Crippen LogP contribution < -0.4 is 9.64 Å². The summed E-state index contributed by atoms with van der Waals surface area (Å²) in [4.78, 5) is 30.0. The van der Waals surface area contributed by atoms with Crippen molar-refractivity contribution in [2.45, 2.75) is 39.3 Å². The molecule has 0 aliphatic heterocycles. The van der Waals surface area contributed by atoms with Crippen LogP contribution in [0.4, 0.5) is 5.69 Å². The molecule has 0 N–H and O–H groups in total. The first-order valence-corrected chi connectivity index (χ1v) is 14.3. The standard InChI is InChI=1S/C38H33NO3/c1-38(2,3)28-18-20-29(21-19-28)42-37-33(23-22-32-34(37)36(41)31-17-11-10-16-30(31)35(32)40)39(24-26-12-6-4-7-13-26)25-27-14-8-5-9-15-27/h4-23H,24-25H2,1-3H3. The zero-order valence-electron chi connectivity index (χ0n) is 24.1. The van der Waals surface area contributed by atoms with Crippen molar-refractivity contribution >= 4 is 17.3 Å². The Kier molecular flexibility index (Phi) is 7.22. The Labute approximate surface area is 247 Å². The lowest BCUT2D eigenvalue weighted by atomic mass is 9.83. The van der Waals surface area contributed by atoms with Crippen molar-refractivity contribution in [3.63, 3.8) is 0 Å². The van der Waals surface area contributed by atoms with Gasteiger partial charge < -0.3 is 9.64 Å². The van der Waals surface area contributed by atoms with E-state index in [-0.39, 0.29) is 17.0 Å². The summed E-state index contributed by atoms with van der Waals surface area (Å²) < 4.78 is 6.65. The van der Waals surface area contributed by atoms with Crippen LogP contribution in [0, 0.1) is 0 Å². The molecule has 0 radical (unpaired) electrons. The van der Waals surface area contributed by atoms with Crippen LogP contribution in [-0.4, -0.2) is 11.6 Å². The van der Waals surface area contributed by atoms with Crippen molar-refractivity contribution < 1.29 is 14.3 Å². The first kappa shape index (κ1) is 27.2. The number of ketones is 2. The third-order valence-corrected chi connectivity index (χ3v) is 7.74. The van der Waals surface area contributed by atoms with Crippen molar-refractivity contribution in [1.29, 1.82) is 0 Å². The van der Waals surface area contributed by atoms with Gasteiger partial charge in [-0.1, -0.05) is 118 Å². The molecule has 5 aromatic carbocycles. The topological polar surface area (TPSA) is 46.6 Å². The van der Waals surface area contributed by atoms with E-state index in [1.54, 1.807) is 30.3 Å². The Balaban J connectivity index is 1.52. The molecule has 0 spiro atoms. The number of carbonyl (C=O) groups is 2. The second-order valence-corrected chi connectivity index (χ2v) is 11.7. The summed E-state index contributed by atoms with van der Waals surface area (Å²) in [5, 5.41) is 0. The van der Waals surface area contributed by atoms with Crippen molar-refractivity contribution in [3.05, 3.63) is 160 Å². The third-order valence-electron chi connectivity index (χ3n) is 7.74. The van der Waals surface area contributed by atoms with E-state index in [4.69, 9.17) is 4.74 Å². The Morgan fingerprint density at radius 1 is 0.571 bits per heavy atom. The molecule has 0 heterocycles. The zero-order chi connectivity index (χ0) is 29.3. The van der Waals surface area contributed by atoms with Gasteiger partial charge in [0, 0.05) is 29.8 Å². The summed E-state index contributed by atoms with van der Waals surface area (Å²) >= 11 is 0. The molecule has 1 aliphatic rings. The number of ether oxygens (including phenoxy) is 1. The quantitative estimate of drug-likeness (QED) is 0.199. The van der Waals surface area contributed by atoms with Crippen molar-refractivity contribution in [1.82, 2.24) is 0 Å². The van der Waals surface area contributed by atoms with Gasteiger partial charge in [0.2, 0.25) is 0 Å². The molecule has 0 unspecified atom stereocenters. The highest BCUT2D eigenvalue weighted by Gasteiger charge is 2.35.